The first kappa shape index (κ1) is 22.1. The number of carbonyl (C=O) groups excluding carboxylic acids is 1. The van der Waals surface area contributed by atoms with Crippen LogP contribution in [-0.2, 0) is 24.1 Å². The van der Waals surface area contributed by atoms with E-state index in [0.29, 0.717) is 5.96 Å². The van der Waals surface area contributed by atoms with Crippen LogP contribution in [0.1, 0.15) is 41.8 Å². The minimum absolute atomic E-state index is 0. The third kappa shape index (κ3) is 7.47. The largest absolute Gasteiger partial charge is 0.357 e. The van der Waals surface area contributed by atoms with Gasteiger partial charge in [0.05, 0.1) is 10.7 Å². The summed E-state index contributed by atoms with van der Waals surface area (Å²) in [5.41, 5.74) is 1.34. The third-order valence-electron chi connectivity index (χ3n) is 3.97. The maximum atomic E-state index is 11.6. The quantitative estimate of drug-likeness (QED) is 0.273. The van der Waals surface area contributed by atoms with Crippen molar-refractivity contribution < 1.29 is 4.79 Å². The van der Waals surface area contributed by atoms with Gasteiger partial charge in [0, 0.05) is 38.5 Å². The van der Waals surface area contributed by atoms with Gasteiger partial charge in [-0.25, -0.2) is 9.98 Å². The van der Waals surface area contributed by atoms with Crippen LogP contribution < -0.4 is 10.6 Å². The SMILES string of the molecule is CCNC(=NCC(=O)N(C)C)NCCCc1nc2c(s1)CCCC2.I. The molecule has 2 rings (SSSR count). The van der Waals surface area contributed by atoms with Crippen molar-refractivity contribution in [3.8, 4) is 0 Å². The van der Waals surface area contributed by atoms with E-state index in [1.54, 1.807) is 19.0 Å². The summed E-state index contributed by atoms with van der Waals surface area (Å²) in [5.74, 6) is 0.701. The molecule has 6 nitrogen and oxygen atoms in total. The first-order chi connectivity index (χ1) is 11.6. The molecule has 0 bridgehead atoms. The summed E-state index contributed by atoms with van der Waals surface area (Å²) < 4.78 is 0. The standard InChI is InChI=1S/C17H29N5OS.HI/c1-4-18-17(20-12-16(23)22(2)3)19-11-7-10-15-21-13-8-5-6-9-14(13)24-15;/h4-12H2,1-3H3,(H2,18,19,20);1H. The van der Waals surface area contributed by atoms with Gasteiger partial charge in [0.1, 0.15) is 6.54 Å². The Labute approximate surface area is 171 Å². The summed E-state index contributed by atoms with van der Waals surface area (Å²) in [6.45, 7) is 3.79. The molecule has 0 aliphatic heterocycles. The second kappa shape index (κ2) is 11.7. The summed E-state index contributed by atoms with van der Waals surface area (Å²) in [5, 5.41) is 7.72. The molecule has 8 heteroatoms. The molecule has 25 heavy (non-hydrogen) atoms. The number of nitrogens with one attached hydrogen (secondary N) is 2. The van der Waals surface area contributed by atoms with E-state index in [2.05, 4.69) is 15.6 Å². The number of hydrogen-bond acceptors (Lipinski definition) is 4. The number of aliphatic imine (C=N–C) groups is 1. The van der Waals surface area contributed by atoms with Crippen molar-refractivity contribution in [2.24, 2.45) is 4.99 Å². The van der Waals surface area contributed by atoms with Crippen molar-refractivity contribution >= 4 is 47.2 Å². The van der Waals surface area contributed by atoms with E-state index in [-0.39, 0.29) is 36.4 Å². The first-order valence-electron chi connectivity index (χ1n) is 8.80. The predicted molar refractivity (Wildman–Crippen MR) is 115 cm³/mol. The highest BCUT2D eigenvalue weighted by Crippen LogP contribution is 2.27. The fourth-order valence-electron chi connectivity index (χ4n) is 2.59. The average Bonchev–Trinajstić information content (AvgIpc) is 2.98. The van der Waals surface area contributed by atoms with Crippen molar-refractivity contribution in [2.75, 3.05) is 33.7 Å². The molecule has 0 fully saturated rings. The fourth-order valence-corrected chi connectivity index (χ4v) is 3.79. The van der Waals surface area contributed by atoms with Crippen LogP contribution in [0.2, 0.25) is 0 Å². The van der Waals surface area contributed by atoms with Crippen LogP contribution in [0.3, 0.4) is 0 Å². The molecule has 2 N–H and O–H groups in total. The number of nitrogens with zero attached hydrogens (tertiary/aromatic N) is 3. The molecule has 0 saturated heterocycles. The molecule has 142 valence electrons. The Balaban J connectivity index is 0.00000312. The smallest absolute Gasteiger partial charge is 0.243 e. The molecule has 0 unspecified atom stereocenters. The van der Waals surface area contributed by atoms with E-state index in [9.17, 15) is 4.79 Å². The number of aryl methyl sites for hydroxylation is 3. The Morgan fingerprint density at radius 2 is 2.04 bits per heavy atom. The zero-order valence-corrected chi connectivity index (χ0v) is 18.6. The van der Waals surface area contributed by atoms with Crippen LogP contribution in [0.25, 0.3) is 0 Å². The van der Waals surface area contributed by atoms with E-state index >= 15 is 0 Å². The number of guanidine groups is 1. The fraction of sp³-hybridized carbons (Fsp3) is 0.706. The number of carbonyl (C=O) groups is 1. The van der Waals surface area contributed by atoms with Crippen molar-refractivity contribution in [3.63, 3.8) is 0 Å². The van der Waals surface area contributed by atoms with Gasteiger partial charge in [-0.2, -0.15) is 0 Å². The lowest BCUT2D eigenvalue weighted by atomic mass is 10.0. The van der Waals surface area contributed by atoms with Gasteiger partial charge in [-0.15, -0.1) is 35.3 Å². The molecule has 1 aromatic rings. The molecule has 0 spiro atoms. The van der Waals surface area contributed by atoms with Crippen molar-refractivity contribution in [1.82, 2.24) is 20.5 Å². The van der Waals surface area contributed by atoms with Gasteiger partial charge in [0.2, 0.25) is 5.91 Å². The molecule has 0 radical (unpaired) electrons. The predicted octanol–water partition coefficient (Wildman–Crippen LogP) is 2.22. The van der Waals surface area contributed by atoms with Crippen LogP contribution in [0.15, 0.2) is 4.99 Å². The summed E-state index contributed by atoms with van der Waals surface area (Å²) in [7, 11) is 3.48. The van der Waals surface area contributed by atoms with Crippen LogP contribution in [0.5, 0.6) is 0 Å². The number of halogens is 1. The Bertz CT molecular complexity index is 550. The Morgan fingerprint density at radius 3 is 2.72 bits per heavy atom. The number of thiazole rings is 1. The Morgan fingerprint density at radius 1 is 1.28 bits per heavy atom. The molecular weight excluding hydrogens is 449 g/mol. The van der Waals surface area contributed by atoms with E-state index in [0.717, 1.165) is 32.4 Å². The summed E-state index contributed by atoms with van der Waals surface area (Å²) in [6, 6.07) is 0. The highest BCUT2D eigenvalue weighted by Gasteiger charge is 2.14. The molecule has 1 aromatic heterocycles. The van der Waals surface area contributed by atoms with Crippen LogP contribution >= 0.6 is 35.3 Å². The Hall–Kier alpha value is -0.900. The van der Waals surface area contributed by atoms with E-state index in [1.807, 2.05) is 18.3 Å². The topological polar surface area (TPSA) is 69.6 Å². The maximum Gasteiger partial charge on any atom is 0.243 e. The Kier molecular flexibility index (Phi) is 10.3. The van der Waals surface area contributed by atoms with Gasteiger partial charge in [-0.3, -0.25) is 4.79 Å². The van der Waals surface area contributed by atoms with Crippen LogP contribution in [0, 0.1) is 0 Å². The average molecular weight is 479 g/mol. The summed E-state index contributed by atoms with van der Waals surface area (Å²) in [4.78, 5) is 23.8. The molecule has 0 saturated carbocycles. The van der Waals surface area contributed by atoms with Gasteiger partial charge in [-0.1, -0.05) is 0 Å². The van der Waals surface area contributed by atoms with Crippen molar-refractivity contribution in [2.45, 2.75) is 45.4 Å². The van der Waals surface area contributed by atoms with Gasteiger partial charge in [0.15, 0.2) is 5.96 Å². The highest BCUT2D eigenvalue weighted by molar-refractivity contribution is 14.0. The number of fused-ring (bicyclic) bond motifs is 1. The molecule has 1 aliphatic rings. The second-order valence-corrected chi connectivity index (χ2v) is 7.37. The number of likely N-dealkylation sites (N-methyl/N-ethyl adjacent to an activating group) is 1. The highest BCUT2D eigenvalue weighted by atomic mass is 127. The number of amides is 1. The molecule has 1 heterocycles. The summed E-state index contributed by atoms with van der Waals surface area (Å²) >= 11 is 1.89. The third-order valence-corrected chi connectivity index (χ3v) is 5.18. The van der Waals surface area contributed by atoms with Gasteiger partial charge in [-0.05, 0) is 39.0 Å². The minimum atomic E-state index is 0. The van der Waals surface area contributed by atoms with E-state index < -0.39 is 0 Å². The zero-order chi connectivity index (χ0) is 17.4. The second-order valence-electron chi connectivity index (χ2n) is 6.20. The van der Waals surface area contributed by atoms with Gasteiger partial charge < -0.3 is 15.5 Å². The van der Waals surface area contributed by atoms with Gasteiger partial charge >= 0.3 is 0 Å². The molecule has 1 aliphatic carbocycles. The monoisotopic (exact) mass is 479 g/mol. The molecule has 0 atom stereocenters. The maximum absolute atomic E-state index is 11.6. The van der Waals surface area contributed by atoms with Crippen molar-refractivity contribution in [3.05, 3.63) is 15.6 Å². The van der Waals surface area contributed by atoms with E-state index in [1.165, 1.54) is 34.8 Å². The normalized spacial score (nSPS) is 13.6. The van der Waals surface area contributed by atoms with Crippen LogP contribution in [-0.4, -0.2) is 55.5 Å². The lowest BCUT2D eigenvalue weighted by molar-refractivity contribution is -0.127. The van der Waals surface area contributed by atoms with Gasteiger partial charge in [0.25, 0.3) is 0 Å². The van der Waals surface area contributed by atoms with Crippen molar-refractivity contribution in [1.29, 1.82) is 0 Å². The molecular formula is C17H30IN5OS. The molecule has 1 amide bonds. The summed E-state index contributed by atoms with van der Waals surface area (Å²) in [6.07, 6.45) is 6.97. The minimum Gasteiger partial charge on any atom is -0.357 e. The number of rotatable bonds is 7. The van der Waals surface area contributed by atoms with E-state index in [4.69, 9.17) is 4.98 Å². The lowest BCUT2D eigenvalue weighted by Crippen LogP contribution is -2.39. The first-order valence-corrected chi connectivity index (χ1v) is 9.61. The van der Waals surface area contributed by atoms with Crippen LogP contribution in [0.4, 0.5) is 0 Å². The lowest BCUT2D eigenvalue weighted by Gasteiger charge is -2.12. The number of hydrogen-bond donors (Lipinski definition) is 2. The zero-order valence-electron chi connectivity index (χ0n) is 15.4. The number of aromatic nitrogens is 1. The molecule has 0 aromatic carbocycles.